The van der Waals surface area contributed by atoms with Gasteiger partial charge < -0.3 is 29.0 Å². The fraction of sp³-hybridized carbons (Fsp3) is 0.440. The molecule has 15 nitrogen and oxygen atoms in total. The third-order valence-corrected chi connectivity index (χ3v) is 5.60. The zero-order chi connectivity index (χ0) is 29.4. The minimum Gasteiger partial charge on any atom is -0.477 e. The first kappa shape index (κ1) is 29.7. The molecule has 1 aliphatic heterocycles. The Hall–Kier alpha value is -4.82. The third-order valence-electron chi connectivity index (χ3n) is 5.60. The van der Waals surface area contributed by atoms with Gasteiger partial charge in [0.05, 0.1) is 25.4 Å². The number of aromatic nitrogens is 4. The van der Waals surface area contributed by atoms with E-state index in [4.69, 9.17) is 23.7 Å². The van der Waals surface area contributed by atoms with Crippen molar-refractivity contribution < 1.29 is 47.7 Å². The minimum absolute atomic E-state index is 0.302. The Kier molecular flexibility index (Phi) is 9.89. The Balaban J connectivity index is 2.14. The summed E-state index contributed by atoms with van der Waals surface area (Å²) in [6.45, 7) is 4.08. The van der Waals surface area contributed by atoms with Gasteiger partial charge in [-0.2, -0.15) is 0 Å². The molecule has 0 saturated heterocycles. The van der Waals surface area contributed by atoms with Crippen LogP contribution in [0.15, 0.2) is 42.6 Å². The summed E-state index contributed by atoms with van der Waals surface area (Å²) in [6, 6.07) is 1.47. The average molecular weight is 560 g/mol. The van der Waals surface area contributed by atoms with Gasteiger partial charge in [-0.3, -0.25) is 24.2 Å². The van der Waals surface area contributed by atoms with Crippen molar-refractivity contribution in [2.45, 2.75) is 58.1 Å². The van der Waals surface area contributed by atoms with E-state index in [2.05, 4.69) is 20.6 Å². The maximum atomic E-state index is 12.6. The van der Waals surface area contributed by atoms with E-state index < -0.39 is 66.8 Å². The van der Waals surface area contributed by atoms with Gasteiger partial charge >= 0.3 is 23.9 Å². The predicted molar refractivity (Wildman–Crippen MR) is 133 cm³/mol. The van der Waals surface area contributed by atoms with E-state index in [0.717, 1.165) is 27.9 Å². The van der Waals surface area contributed by atoms with E-state index in [1.807, 2.05) is 0 Å². The molecule has 1 N–H and O–H groups in total. The molecule has 2 aromatic heterocycles. The molecule has 0 unspecified atom stereocenters. The molecule has 2 aromatic rings. The lowest BCUT2D eigenvalue weighted by atomic mass is 9.91. The summed E-state index contributed by atoms with van der Waals surface area (Å²) in [5, 5.41) is 11.1. The van der Waals surface area contributed by atoms with E-state index in [0.29, 0.717) is 11.3 Å². The lowest BCUT2D eigenvalue weighted by molar-refractivity contribution is -0.188. The Morgan fingerprint density at radius 3 is 2.38 bits per heavy atom. The fourth-order valence-corrected chi connectivity index (χ4v) is 4.07. The first-order valence-electron chi connectivity index (χ1n) is 12.0. The molecular formula is C25H29N5O10. The van der Waals surface area contributed by atoms with Gasteiger partial charge in [-0.25, -0.2) is 9.48 Å². The third kappa shape index (κ3) is 7.61. The van der Waals surface area contributed by atoms with Gasteiger partial charge in [0.25, 0.3) is 0 Å². The Bertz CT molecular complexity index is 1280. The maximum absolute atomic E-state index is 12.6. The molecule has 0 saturated carbocycles. The maximum Gasteiger partial charge on any atom is 0.373 e. The summed E-state index contributed by atoms with van der Waals surface area (Å²) in [6.07, 6.45) is 1.87. The number of nitrogens with one attached hydrogen (secondary N) is 1. The van der Waals surface area contributed by atoms with Crippen LogP contribution in [-0.2, 0) is 47.7 Å². The van der Waals surface area contributed by atoms with Gasteiger partial charge in [-0.1, -0.05) is 5.21 Å². The van der Waals surface area contributed by atoms with Crippen molar-refractivity contribution in [2.24, 2.45) is 0 Å². The van der Waals surface area contributed by atoms with E-state index >= 15 is 0 Å². The standard InChI is InChI=1S/C25H29N5O10/c1-13(31)27-22-19(30-11-18(28-29-30)17-7-6-8-26-10-17)9-20(25(35)36-5)40-24(22)23(39-16(4)34)21(38-15(3)33)12-37-14(2)32/h6-11,19,21-24H,12H2,1-5H3,(H,27,31)/t19-,21+,22+,23+,24+/m0/s1. The topological polar surface area (TPSA) is 187 Å². The molecule has 40 heavy (non-hydrogen) atoms. The van der Waals surface area contributed by atoms with Crippen LogP contribution in [0.2, 0.25) is 0 Å². The average Bonchev–Trinajstić information content (AvgIpc) is 3.39. The van der Waals surface area contributed by atoms with Crippen molar-refractivity contribution >= 4 is 29.8 Å². The second kappa shape index (κ2) is 13.3. The minimum atomic E-state index is -1.48. The van der Waals surface area contributed by atoms with Crippen molar-refractivity contribution in [3.63, 3.8) is 0 Å². The molecule has 5 atom stereocenters. The van der Waals surface area contributed by atoms with Crippen LogP contribution in [0, 0.1) is 0 Å². The SMILES string of the molecule is COC(=O)C1=C[C@H](n2cc(-c3cccnc3)nn2)[C@@H](NC(C)=O)[C@H]([C@H](OC(C)=O)[C@@H](COC(C)=O)OC(C)=O)O1. The highest BCUT2D eigenvalue weighted by molar-refractivity contribution is 5.86. The number of carbonyl (C=O) groups is 5. The van der Waals surface area contributed by atoms with Crippen LogP contribution in [0.25, 0.3) is 11.3 Å². The number of carbonyl (C=O) groups excluding carboxylic acids is 5. The molecule has 3 heterocycles. The summed E-state index contributed by atoms with van der Waals surface area (Å²) in [7, 11) is 1.14. The van der Waals surface area contributed by atoms with Gasteiger partial charge in [-0.15, -0.1) is 5.10 Å². The van der Waals surface area contributed by atoms with Crippen molar-refractivity contribution in [3.05, 3.63) is 42.6 Å². The number of rotatable bonds is 10. The fourth-order valence-electron chi connectivity index (χ4n) is 4.07. The Morgan fingerprint density at radius 1 is 1.07 bits per heavy atom. The normalized spacial score (nSPS) is 19.6. The quantitative estimate of drug-likeness (QED) is 0.309. The molecule has 0 spiro atoms. The van der Waals surface area contributed by atoms with Gasteiger partial charge in [-0.05, 0) is 18.2 Å². The molecule has 0 fully saturated rings. The largest absolute Gasteiger partial charge is 0.477 e. The number of pyridine rings is 1. The van der Waals surface area contributed by atoms with Crippen LogP contribution in [0.1, 0.15) is 33.7 Å². The highest BCUT2D eigenvalue weighted by Gasteiger charge is 2.48. The van der Waals surface area contributed by atoms with Gasteiger partial charge in [0.1, 0.15) is 12.3 Å². The Morgan fingerprint density at radius 2 is 1.80 bits per heavy atom. The highest BCUT2D eigenvalue weighted by atomic mass is 16.6. The monoisotopic (exact) mass is 559 g/mol. The van der Waals surface area contributed by atoms with Crippen LogP contribution < -0.4 is 5.32 Å². The molecule has 0 aliphatic carbocycles. The van der Waals surface area contributed by atoms with E-state index in [-0.39, 0.29) is 5.76 Å². The van der Waals surface area contributed by atoms with E-state index in [1.54, 1.807) is 30.7 Å². The molecule has 214 valence electrons. The number of nitrogens with zero attached hydrogens (tertiary/aromatic N) is 4. The number of hydrogen-bond donors (Lipinski definition) is 1. The number of amides is 1. The van der Waals surface area contributed by atoms with Crippen LogP contribution in [-0.4, -0.2) is 87.8 Å². The van der Waals surface area contributed by atoms with Gasteiger partial charge in [0.2, 0.25) is 11.7 Å². The van der Waals surface area contributed by atoms with Crippen LogP contribution in [0.3, 0.4) is 0 Å². The summed E-state index contributed by atoms with van der Waals surface area (Å²) in [5.41, 5.74) is 1.09. The zero-order valence-electron chi connectivity index (χ0n) is 22.4. The predicted octanol–water partition coefficient (Wildman–Crippen LogP) is 0.268. The smallest absolute Gasteiger partial charge is 0.373 e. The summed E-state index contributed by atoms with van der Waals surface area (Å²) in [4.78, 5) is 64.7. The highest BCUT2D eigenvalue weighted by Crippen LogP contribution is 2.32. The van der Waals surface area contributed by atoms with Crippen LogP contribution >= 0.6 is 0 Å². The van der Waals surface area contributed by atoms with Crippen LogP contribution in [0.5, 0.6) is 0 Å². The summed E-state index contributed by atoms with van der Waals surface area (Å²) >= 11 is 0. The molecule has 1 aliphatic rings. The molecular weight excluding hydrogens is 530 g/mol. The van der Waals surface area contributed by atoms with Gasteiger partial charge in [0.15, 0.2) is 18.3 Å². The molecule has 0 aromatic carbocycles. The first-order chi connectivity index (χ1) is 19.0. The van der Waals surface area contributed by atoms with E-state index in [9.17, 15) is 24.0 Å². The second-order valence-electron chi connectivity index (χ2n) is 8.67. The molecule has 3 rings (SSSR count). The Labute approximate surface area is 228 Å². The summed E-state index contributed by atoms with van der Waals surface area (Å²) in [5.74, 6) is -3.96. The molecule has 0 bridgehead atoms. The lowest BCUT2D eigenvalue weighted by Crippen LogP contribution is -2.60. The summed E-state index contributed by atoms with van der Waals surface area (Å²) < 4.78 is 28.0. The van der Waals surface area contributed by atoms with Crippen molar-refractivity contribution in [3.8, 4) is 11.3 Å². The first-order valence-corrected chi connectivity index (χ1v) is 12.0. The molecule has 1 amide bonds. The number of ether oxygens (including phenoxy) is 5. The second-order valence-corrected chi connectivity index (χ2v) is 8.67. The van der Waals surface area contributed by atoms with Crippen LogP contribution in [0.4, 0.5) is 0 Å². The van der Waals surface area contributed by atoms with Gasteiger partial charge in [0, 0.05) is 45.7 Å². The number of methoxy groups -OCH3 is 1. The number of hydrogen-bond acceptors (Lipinski definition) is 13. The lowest BCUT2D eigenvalue weighted by Gasteiger charge is -2.41. The molecule has 15 heteroatoms. The van der Waals surface area contributed by atoms with Crippen molar-refractivity contribution in [2.75, 3.05) is 13.7 Å². The molecule has 0 radical (unpaired) electrons. The van der Waals surface area contributed by atoms with Crippen molar-refractivity contribution in [1.82, 2.24) is 25.3 Å². The zero-order valence-corrected chi connectivity index (χ0v) is 22.4. The van der Waals surface area contributed by atoms with E-state index in [1.165, 1.54) is 17.7 Å². The number of esters is 4. The van der Waals surface area contributed by atoms with Crippen molar-refractivity contribution in [1.29, 1.82) is 0 Å².